The molecule has 1 aliphatic carbocycles. The molecular weight excluding hydrogens is 248 g/mol. The standard InChI is InChI=1S/C17H22N2O/c1-13-3-5-15(6-4-13)11-16(20)19-17(12-18)9-7-14(2)8-10-17/h3-6,14H,7-11H2,1-2H3,(H,19,20). The summed E-state index contributed by atoms with van der Waals surface area (Å²) in [5.41, 5.74) is 1.53. The Morgan fingerprint density at radius 1 is 1.35 bits per heavy atom. The summed E-state index contributed by atoms with van der Waals surface area (Å²) >= 11 is 0. The van der Waals surface area contributed by atoms with Gasteiger partial charge in [-0.25, -0.2) is 0 Å². The van der Waals surface area contributed by atoms with Crippen LogP contribution in [0.25, 0.3) is 0 Å². The van der Waals surface area contributed by atoms with Crippen molar-refractivity contribution in [3.05, 3.63) is 35.4 Å². The lowest BCUT2D eigenvalue weighted by atomic mass is 9.78. The number of nitriles is 1. The molecule has 1 aromatic carbocycles. The fraction of sp³-hybridized carbons (Fsp3) is 0.529. The smallest absolute Gasteiger partial charge is 0.225 e. The van der Waals surface area contributed by atoms with Crippen LogP contribution in [-0.4, -0.2) is 11.4 Å². The van der Waals surface area contributed by atoms with E-state index in [-0.39, 0.29) is 5.91 Å². The third-order valence-electron chi connectivity index (χ3n) is 4.21. The van der Waals surface area contributed by atoms with Crippen LogP contribution in [-0.2, 0) is 11.2 Å². The van der Waals surface area contributed by atoms with Crippen molar-refractivity contribution >= 4 is 5.91 Å². The summed E-state index contributed by atoms with van der Waals surface area (Å²) in [7, 11) is 0. The van der Waals surface area contributed by atoms with Gasteiger partial charge in [0.25, 0.3) is 0 Å². The topological polar surface area (TPSA) is 52.9 Å². The molecule has 0 heterocycles. The normalized spacial score (nSPS) is 25.8. The van der Waals surface area contributed by atoms with E-state index in [2.05, 4.69) is 18.3 Å². The van der Waals surface area contributed by atoms with Crippen LogP contribution in [0.4, 0.5) is 0 Å². The molecule has 1 aromatic rings. The van der Waals surface area contributed by atoms with E-state index < -0.39 is 5.54 Å². The van der Waals surface area contributed by atoms with Crippen LogP contribution >= 0.6 is 0 Å². The van der Waals surface area contributed by atoms with E-state index in [1.807, 2.05) is 31.2 Å². The molecule has 0 aliphatic heterocycles. The lowest BCUT2D eigenvalue weighted by molar-refractivity contribution is -0.122. The highest BCUT2D eigenvalue weighted by atomic mass is 16.1. The second-order valence-corrected chi connectivity index (χ2v) is 6.09. The zero-order valence-corrected chi connectivity index (χ0v) is 12.3. The Morgan fingerprint density at radius 3 is 2.50 bits per heavy atom. The van der Waals surface area contributed by atoms with E-state index >= 15 is 0 Å². The average Bonchev–Trinajstić information content (AvgIpc) is 2.44. The first kappa shape index (κ1) is 14.6. The Labute approximate surface area is 121 Å². The van der Waals surface area contributed by atoms with Crippen molar-refractivity contribution < 1.29 is 4.79 Å². The van der Waals surface area contributed by atoms with Crippen molar-refractivity contribution in [1.82, 2.24) is 5.32 Å². The Bertz CT molecular complexity index is 505. The van der Waals surface area contributed by atoms with E-state index in [0.717, 1.165) is 31.2 Å². The largest absolute Gasteiger partial charge is 0.338 e. The monoisotopic (exact) mass is 270 g/mol. The molecule has 1 saturated carbocycles. The number of carbonyl (C=O) groups excluding carboxylic acids is 1. The van der Waals surface area contributed by atoms with Gasteiger partial charge in [-0.2, -0.15) is 5.26 Å². The minimum atomic E-state index is -0.645. The van der Waals surface area contributed by atoms with E-state index in [1.165, 1.54) is 5.56 Å². The van der Waals surface area contributed by atoms with Gasteiger partial charge in [0.05, 0.1) is 12.5 Å². The van der Waals surface area contributed by atoms with E-state index in [9.17, 15) is 10.1 Å². The summed E-state index contributed by atoms with van der Waals surface area (Å²) in [5.74, 6) is 0.607. The zero-order chi connectivity index (χ0) is 14.6. The molecule has 0 atom stereocenters. The molecule has 0 aromatic heterocycles. The number of hydrogen-bond donors (Lipinski definition) is 1. The summed E-state index contributed by atoms with van der Waals surface area (Å²) in [4.78, 5) is 12.1. The van der Waals surface area contributed by atoms with Crippen LogP contribution in [0.2, 0.25) is 0 Å². The predicted octanol–water partition coefficient (Wildman–Crippen LogP) is 3.13. The second-order valence-electron chi connectivity index (χ2n) is 6.09. The minimum Gasteiger partial charge on any atom is -0.338 e. The molecule has 0 saturated heterocycles. The first-order valence-electron chi connectivity index (χ1n) is 7.31. The Morgan fingerprint density at radius 2 is 1.95 bits per heavy atom. The van der Waals surface area contributed by atoms with Gasteiger partial charge in [-0.3, -0.25) is 4.79 Å². The highest BCUT2D eigenvalue weighted by molar-refractivity contribution is 5.79. The number of amides is 1. The minimum absolute atomic E-state index is 0.0510. The predicted molar refractivity (Wildman–Crippen MR) is 79.0 cm³/mol. The third-order valence-corrected chi connectivity index (χ3v) is 4.21. The number of aryl methyl sites for hydroxylation is 1. The molecular formula is C17H22N2O. The Hall–Kier alpha value is -1.82. The molecule has 0 radical (unpaired) electrons. The van der Waals surface area contributed by atoms with Gasteiger partial charge in [0.1, 0.15) is 5.54 Å². The molecule has 2 rings (SSSR count). The van der Waals surface area contributed by atoms with Gasteiger partial charge in [-0.1, -0.05) is 36.8 Å². The number of nitrogens with one attached hydrogen (secondary N) is 1. The molecule has 1 amide bonds. The lowest BCUT2D eigenvalue weighted by Crippen LogP contribution is -2.50. The summed E-state index contributed by atoms with van der Waals surface area (Å²) in [6.45, 7) is 4.23. The molecule has 20 heavy (non-hydrogen) atoms. The van der Waals surface area contributed by atoms with Gasteiger partial charge in [0.15, 0.2) is 0 Å². The number of nitrogens with zero attached hydrogens (tertiary/aromatic N) is 1. The van der Waals surface area contributed by atoms with Gasteiger partial charge in [0.2, 0.25) is 5.91 Å². The Balaban J connectivity index is 1.96. The molecule has 106 valence electrons. The van der Waals surface area contributed by atoms with Gasteiger partial charge in [-0.15, -0.1) is 0 Å². The molecule has 1 aliphatic rings. The summed E-state index contributed by atoms with van der Waals surface area (Å²) in [6, 6.07) is 10.3. The molecule has 0 unspecified atom stereocenters. The third kappa shape index (κ3) is 3.60. The Kier molecular flexibility index (Phi) is 4.44. The van der Waals surface area contributed by atoms with Gasteiger partial charge in [0, 0.05) is 0 Å². The fourth-order valence-corrected chi connectivity index (χ4v) is 2.72. The summed E-state index contributed by atoms with van der Waals surface area (Å²) in [5, 5.41) is 12.4. The van der Waals surface area contributed by atoms with Crippen LogP contribution in [0, 0.1) is 24.2 Å². The molecule has 1 fully saturated rings. The second kappa shape index (κ2) is 6.09. The number of hydrogen-bond acceptors (Lipinski definition) is 2. The van der Waals surface area contributed by atoms with Crippen LogP contribution in [0.5, 0.6) is 0 Å². The van der Waals surface area contributed by atoms with Crippen molar-refractivity contribution in [1.29, 1.82) is 5.26 Å². The van der Waals surface area contributed by atoms with Crippen LogP contribution in [0.15, 0.2) is 24.3 Å². The maximum atomic E-state index is 12.1. The van der Waals surface area contributed by atoms with E-state index in [4.69, 9.17) is 0 Å². The van der Waals surface area contributed by atoms with Gasteiger partial charge < -0.3 is 5.32 Å². The quantitative estimate of drug-likeness (QED) is 0.917. The molecule has 0 spiro atoms. The summed E-state index contributed by atoms with van der Waals surface area (Å²) in [6.07, 6.45) is 3.91. The zero-order valence-electron chi connectivity index (χ0n) is 12.3. The van der Waals surface area contributed by atoms with Gasteiger partial charge >= 0.3 is 0 Å². The van der Waals surface area contributed by atoms with Crippen LogP contribution in [0.1, 0.15) is 43.7 Å². The van der Waals surface area contributed by atoms with Crippen molar-refractivity contribution in [2.24, 2.45) is 5.92 Å². The SMILES string of the molecule is Cc1ccc(CC(=O)NC2(C#N)CCC(C)CC2)cc1. The molecule has 0 bridgehead atoms. The van der Waals surface area contributed by atoms with Crippen molar-refractivity contribution in [2.75, 3.05) is 0 Å². The molecule has 3 heteroatoms. The van der Waals surface area contributed by atoms with Crippen LogP contribution < -0.4 is 5.32 Å². The maximum absolute atomic E-state index is 12.1. The summed E-state index contributed by atoms with van der Waals surface area (Å²) < 4.78 is 0. The number of rotatable bonds is 3. The van der Waals surface area contributed by atoms with Crippen molar-refractivity contribution in [3.8, 4) is 6.07 Å². The lowest BCUT2D eigenvalue weighted by Gasteiger charge is -2.34. The van der Waals surface area contributed by atoms with Crippen molar-refractivity contribution in [2.45, 2.75) is 51.5 Å². The average molecular weight is 270 g/mol. The van der Waals surface area contributed by atoms with Crippen LogP contribution in [0.3, 0.4) is 0 Å². The molecule has 3 nitrogen and oxygen atoms in total. The number of carbonyl (C=O) groups is 1. The highest BCUT2D eigenvalue weighted by Gasteiger charge is 2.35. The first-order valence-corrected chi connectivity index (χ1v) is 7.31. The highest BCUT2D eigenvalue weighted by Crippen LogP contribution is 2.31. The fourth-order valence-electron chi connectivity index (χ4n) is 2.72. The first-order chi connectivity index (χ1) is 9.53. The van der Waals surface area contributed by atoms with Gasteiger partial charge in [-0.05, 0) is 44.1 Å². The van der Waals surface area contributed by atoms with Crippen molar-refractivity contribution in [3.63, 3.8) is 0 Å². The number of benzene rings is 1. The van der Waals surface area contributed by atoms with E-state index in [1.54, 1.807) is 0 Å². The maximum Gasteiger partial charge on any atom is 0.225 e. The molecule has 1 N–H and O–H groups in total. The van der Waals surface area contributed by atoms with E-state index in [0.29, 0.717) is 12.3 Å².